The maximum Gasteiger partial charge on any atom is 0.308 e. The maximum atomic E-state index is 12.5. The lowest BCUT2D eigenvalue weighted by molar-refractivity contribution is -0.144. The van der Waals surface area contributed by atoms with E-state index in [1.807, 2.05) is 16.7 Å². The van der Waals surface area contributed by atoms with Crippen LogP contribution in [0.25, 0.3) is 0 Å². The van der Waals surface area contributed by atoms with Gasteiger partial charge in [0, 0.05) is 18.1 Å². The summed E-state index contributed by atoms with van der Waals surface area (Å²) in [5.74, 6) is -0.922. The average Bonchev–Trinajstić information content (AvgIpc) is 2.71. The summed E-state index contributed by atoms with van der Waals surface area (Å²) in [6.45, 7) is 7.21. The second-order valence-electron chi connectivity index (χ2n) is 6.37. The first kappa shape index (κ1) is 15.3. The number of aliphatic carboxylic acids is 1. The Morgan fingerprint density at radius 2 is 1.70 bits per heavy atom. The van der Waals surface area contributed by atoms with Crippen LogP contribution >= 0.6 is 0 Å². The lowest BCUT2D eigenvalue weighted by atomic mass is 9.97. The van der Waals surface area contributed by atoms with Crippen LogP contribution in [-0.4, -0.2) is 58.0 Å². The Morgan fingerprint density at radius 1 is 1.10 bits per heavy atom. The van der Waals surface area contributed by atoms with Crippen LogP contribution in [0.15, 0.2) is 0 Å². The molecule has 0 spiro atoms. The molecule has 2 rings (SSSR count). The lowest BCUT2D eigenvalue weighted by Crippen LogP contribution is -2.51. The van der Waals surface area contributed by atoms with Gasteiger partial charge in [-0.05, 0) is 53.0 Å². The smallest absolute Gasteiger partial charge is 0.308 e. The molecule has 4 atom stereocenters. The summed E-state index contributed by atoms with van der Waals surface area (Å²) >= 11 is 0. The predicted molar refractivity (Wildman–Crippen MR) is 76.4 cm³/mol. The molecule has 2 aliphatic rings. The van der Waals surface area contributed by atoms with Crippen molar-refractivity contribution in [3.05, 3.63) is 0 Å². The van der Waals surface area contributed by atoms with Crippen molar-refractivity contribution >= 4 is 11.9 Å². The van der Waals surface area contributed by atoms with Gasteiger partial charge in [0.05, 0.1) is 12.5 Å². The quantitative estimate of drug-likeness (QED) is 0.853. The van der Waals surface area contributed by atoms with E-state index in [1.165, 1.54) is 6.42 Å². The molecular weight excluding hydrogens is 256 g/mol. The average molecular weight is 282 g/mol. The largest absolute Gasteiger partial charge is 0.481 e. The molecule has 0 aromatic heterocycles. The van der Waals surface area contributed by atoms with E-state index in [-0.39, 0.29) is 17.9 Å². The minimum atomic E-state index is -0.743. The molecule has 2 fully saturated rings. The van der Waals surface area contributed by atoms with Gasteiger partial charge in [-0.3, -0.25) is 14.5 Å². The summed E-state index contributed by atoms with van der Waals surface area (Å²) < 4.78 is 0. The molecule has 2 heterocycles. The third kappa shape index (κ3) is 2.97. The fourth-order valence-corrected chi connectivity index (χ4v) is 3.73. The van der Waals surface area contributed by atoms with Gasteiger partial charge >= 0.3 is 5.97 Å². The van der Waals surface area contributed by atoms with Crippen molar-refractivity contribution in [2.75, 3.05) is 13.1 Å². The highest BCUT2D eigenvalue weighted by Gasteiger charge is 2.38. The second-order valence-corrected chi connectivity index (χ2v) is 6.37. The Labute approximate surface area is 120 Å². The highest BCUT2D eigenvalue weighted by Crippen LogP contribution is 2.26. The molecule has 1 N–H and O–H groups in total. The molecule has 0 radical (unpaired) electrons. The van der Waals surface area contributed by atoms with Gasteiger partial charge in [0.2, 0.25) is 5.91 Å². The van der Waals surface area contributed by atoms with Crippen LogP contribution < -0.4 is 0 Å². The molecule has 0 aliphatic carbocycles. The molecule has 5 heteroatoms. The molecule has 114 valence electrons. The number of likely N-dealkylation sites (tertiary alicyclic amines) is 2. The van der Waals surface area contributed by atoms with Crippen LogP contribution in [0.4, 0.5) is 0 Å². The van der Waals surface area contributed by atoms with E-state index in [1.54, 1.807) is 0 Å². The first-order valence-electron chi connectivity index (χ1n) is 7.69. The minimum Gasteiger partial charge on any atom is -0.481 e. The van der Waals surface area contributed by atoms with Crippen molar-refractivity contribution < 1.29 is 14.7 Å². The summed E-state index contributed by atoms with van der Waals surface area (Å²) in [7, 11) is 0. The molecule has 2 aliphatic heterocycles. The van der Waals surface area contributed by atoms with Gasteiger partial charge in [0.1, 0.15) is 0 Å². The van der Waals surface area contributed by atoms with Gasteiger partial charge in [-0.1, -0.05) is 0 Å². The molecule has 20 heavy (non-hydrogen) atoms. The number of nitrogens with zero attached hydrogens (tertiary/aromatic N) is 2. The van der Waals surface area contributed by atoms with E-state index in [0.29, 0.717) is 31.6 Å². The topological polar surface area (TPSA) is 60.9 Å². The summed E-state index contributed by atoms with van der Waals surface area (Å²) in [6.07, 6.45) is 3.98. The van der Waals surface area contributed by atoms with Crippen LogP contribution in [0.3, 0.4) is 0 Å². The zero-order valence-corrected chi connectivity index (χ0v) is 12.7. The summed E-state index contributed by atoms with van der Waals surface area (Å²) in [6, 6.07) is 0.561. The van der Waals surface area contributed by atoms with Gasteiger partial charge in [-0.15, -0.1) is 0 Å². The number of hydrogen-bond donors (Lipinski definition) is 1. The fraction of sp³-hybridized carbons (Fsp3) is 0.867. The molecule has 2 saturated heterocycles. The van der Waals surface area contributed by atoms with Crippen LogP contribution in [0.2, 0.25) is 0 Å². The number of hydrogen-bond acceptors (Lipinski definition) is 3. The van der Waals surface area contributed by atoms with Gasteiger partial charge in [-0.25, -0.2) is 0 Å². The monoisotopic (exact) mass is 282 g/mol. The first-order valence-corrected chi connectivity index (χ1v) is 7.69. The second kappa shape index (κ2) is 6.12. The highest BCUT2D eigenvalue weighted by molar-refractivity contribution is 5.79. The van der Waals surface area contributed by atoms with Crippen LogP contribution in [0, 0.1) is 5.92 Å². The standard InChI is InChI=1S/C15H26N2O3/c1-10-5-4-6-11(2)17(10)14(18)9-16-8-7-13(12(16)3)15(19)20/h10-13H,4-9H2,1-3H3,(H,19,20). The molecule has 0 aromatic rings. The van der Waals surface area contributed by atoms with Gasteiger partial charge in [-0.2, -0.15) is 0 Å². The number of carbonyl (C=O) groups excluding carboxylic acids is 1. The zero-order chi connectivity index (χ0) is 14.9. The molecular formula is C15H26N2O3. The van der Waals surface area contributed by atoms with E-state index < -0.39 is 5.97 Å². The minimum absolute atomic E-state index is 0.0492. The Kier molecular flexibility index (Phi) is 4.68. The van der Waals surface area contributed by atoms with Crippen molar-refractivity contribution in [1.82, 2.24) is 9.80 Å². The van der Waals surface area contributed by atoms with Crippen molar-refractivity contribution in [2.45, 2.75) is 64.6 Å². The van der Waals surface area contributed by atoms with E-state index in [2.05, 4.69) is 13.8 Å². The van der Waals surface area contributed by atoms with Crippen LogP contribution in [-0.2, 0) is 9.59 Å². The Balaban J connectivity index is 1.96. The molecule has 5 nitrogen and oxygen atoms in total. The molecule has 1 amide bonds. The summed E-state index contributed by atoms with van der Waals surface area (Å²) in [5.41, 5.74) is 0. The number of rotatable bonds is 3. The van der Waals surface area contributed by atoms with Gasteiger partial charge in [0.25, 0.3) is 0 Å². The Bertz CT molecular complexity index is 375. The van der Waals surface area contributed by atoms with Gasteiger partial charge < -0.3 is 10.0 Å². The van der Waals surface area contributed by atoms with Gasteiger partial charge in [0.15, 0.2) is 0 Å². The SMILES string of the molecule is CC1C(C(=O)O)CCN1CC(=O)N1C(C)CCCC1C. The highest BCUT2D eigenvalue weighted by atomic mass is 16.4. The van der Waals surface area contributed by atoms with E-state index >= 15 is 0 Å². The number of amides is 1. The maximum absolute atomic E-state index is 12.5. The Morgan fingerprint density at radius 3 is 2.20 bits per heavy atom. The molecule has 4 unspecified atom stereocenters. The van der Waals surface area contributed by atoms with E-state index in [0.717, 1.165) is 12.8 Å². The number of carboxylic acid groups (broad SMARTS) is 1. The molecule has 0 bridgehead atoms. The number of carboxylic acids is 1. The predicted octanol–water partition coefficient (Wildman–Crippen LogP) is 1.57. The summed E-state index contributed by atoms with van der Waals surface area (Å²) in [4.78, 5) is 27.7. The normalized spacial score (nSPS) is 35.2. The fourth-order valence-electron chi connectivity index (χ4n) is 3.73. The van der Waals surface area contributed by atoms with Crippen LogP contribution in [0.1, 0.15) is 46.5 Å². The van der Waals surface area contributed by atoms with Crippen molar-refractivity contribution in [3.63, 3.8) is 0 Å². The third-order valence-corrected chi connectivity index (χ3v) is 5.02. The number of piperidine rings is 1. The summed E-state index contributed by atoms with van der Waals surface area (Å²) in [5, 5.41) is 9.15. The van der Waals surface area contributed by atoms with Crippen molar-refractivity contribution in [3.8, 4) is 0 Å². The first-order chi connectivity index (χ1) is 9.41. The molecule has 0 aromatic carbocycles. The van der Waals surface area contributed by atoms with Crippen LogP contribution in [0.5, 0.6) is 0 Å². The Hall–Kier alpha value is -1.10. The van der Waals surface area contributed by atoms with E-state index in [9.17, 15) is 9.59 Å². The molecule has 0 saturated carbocycles. The lowest BCUT2D eigenvalue weighted by Gasteiger charge is -2.40. The van der Waals surface area contributed by atoms with E-state index in [4.69, 9.17) is 5.11 Å². The van der Waals surface area contributed by atoms with Crippen molar-refractivity contribution in [1.29, 1.82) is 0 Å². The number of carbonyl (C=O) groups is 2. The third-order valence-electron chi connectivity index (χ3n) is 5.02. The zero-order valence-electron chi connectivity index (χ0n) is 12.7. The van der Waals surface area contributed by atoms with Crippen molar-refractivity contribution in [2.24, 2.45) is 5.92 Å².